The largest absolute Gasteiger partial charge is 0.497 e. The van der Waals surface area contributed by atoms with Crippen molar-refractivity contribution in [2.45, 2.75) is 0 Å². The normalized spacial score (nSPS) is 10.4. The van der Waals surface area contributed by atoms with Crippen molar-refractivity contribution in [3.8, 4) is 5.75 Å². The molecule has 0 bridgehead atoms. The molecule has 2 aromatic carbocycles. The van der Waals surface area contributed by atoms with Crippen LogP contribution in [0.15, 0.2) is 30.3 Å². The highest BCUT2D eigenvalue weighted by Crippen LogP contribution is 2.26. The van der Waals surface area contributed by atoms with E-state index in [1.54, 1.807) is 0 Å². The first kappa shape index (κ1) is 14.4. The Morgan fingerprint density at radius 3 is 2.30 bits per heavy atom. The third kappa shape index (κ3) is 2.49. The highest BCUT2D eigenvalue weighted by Gasteiger charge is 2.21. The molecule has 2 nitrogen and oxygen atoms in total. The SMILES string of the molecule is COc1ccc(C(=O)c2ccc(F)c(F)c2F)c(Cl)c1. The van der Waals surface area contributed by atoms with Gasteiger partial charge in [-0.1, -0.05) is 11.6 Å². The highest BCUT2D eigenvalue weighted by atomic mass is 35.5. The van der Waals surface area contributed by atoms with Gasteiger partial charge in [0, 0.05) is 5.56 Å². The molecule has 0 aliphatic carbocycles. The Hall–Kier alpha value is -2.01. The topological polar surface area (TPSA) is 26.3 Å². The van der Waals surface area contributed by atoms with Gasteiger partial charge in [-0.2, -0.15) is 0 Å². The summed E-state index contributed by atoms with van der Waals surface area (Å²) in [5.74, 6) is -5.02. The van der Waals surface area contributed by atoms with E-state index in [0.717, 1.165) is 6.07 Å². The van der Waals surface area contributed by atoms with Crippen molar-refractivity contribution in [1.29, 1.82) is 0 Å². The molecule has 0 aliphatic rings. The van der Waals surface area contributed by atoms with Crippen LogP contribution < -0.4 is 4.74 Å². The van der Waals surface area contributed by atoms with Crippen LogP contribution in [-0.4, -0.2) is 12.9 Å². The molecular formula is C14H8ClF3O2. The lowest BCUT2D eigenvalue weighted by Crippen LogP contribution is -2.08. The zero-order valence-corrected chi connectivity index (χ0v) is 11.0. The second-order valence-electron chi connectivity index (χ2n) is 3.90. The quantitative estimate of drug-likeness (QED) is 0.633. The maximum atomic E-state index is 13.6. The molecule has 20 heavy (non-hydrogen) atoms. The van der Waals surface area contributed by atoms with E-state index in [2.05, 4.69) is 0 Å². The van der Waals surface area contributed by atoms with E-state index in [1.165, 1.54) is 25.3 Å². The summed E-state index contributed by atoms with van der Waals surface area (Å²) in [4.78, 5) is 12.1. The number of ether oxygens (including phenoxy) is 1. The van der Waals surface area contributed by atoms with Gasteiger partial charge in [-0.25, -0.2) is 13.2 Å². The second kappa shape index (κ2) is 5.54. The Morgan fingerprint density at radius 2 is 1.70 bits per heavy atom. The van der Waals surface area contributed by atoms with Gasteiger partial charge in [0.15, 0.2) is 23.2 Å². The van der Waals surface area contributed by atoms with Crippen molar-refractivity contribution in [2.75, 3.05) is 7.11 Å². The van der Waals surface area contributed by atoms with Crippen LogP contribution in [0.1, 0.15) is 15.9 Å². The minimum atomic E-state index is -1.69. The summed E-state index contributed by atoms with van der Waals surface area (Å²) in [7, 11) is 1.42. The van der Waals surface area contributed by atoms with Gasteiger partial charge in [0.25, 0.3) is 0 Å². The van der Waals surface area contributed by atoms with E-state index < -0.39 is 28.8 Å². The van der Waals surface area contributed by atoms with Gasteiger partial charge in [-0.15, -0.1) is 0 Å². The summed E-state index contributed by atoms with van der Waals surface area (Å²) in [5, 5.41) is 0.0264. The Balaban J connectivity index is 2.49. The summed E-state index contributed by atoms with van der Waals surface area (Å²) in [6.45, 7) is 0. The number of hydrogen-bond donors (Lipinski definition) is 0. The number of hydrogen-bond acceptors (Lipinski definition) is 2. The van der Waals surface area contributed by atoms with Crippen molar-refractivity contribution in [3.63, 3.8) is 0 Å². The summed E-state index contributed by atoms with van der Waals surface area (Å²) >= 11 is 5.89. The molecule has 0 saturated carbocycles. The van der Waals surface area contributed by atoms with Crippen molar-refractivity contribution in [3.05, 3.63) is 63.9 Å². The third-order valence-corrected chi connectivity index (χ3v) is 3.01. The van der Waals surface area contributed by atoms with Crippen molar-refractivity contribution >= 4 is 17.4 Å². The molecule has 0 amide bonds. The van der Waals surface area contributed by atoms with E-state index in [1.807, 2.05) is 0 Å². The molecule has 104 valence electrons. The number of rotatable bonds is 3. The first-order valence-corrected chi connectivity index (χ1v) is 5.85. The number of ketones is 1. The fourth-order valence-corrected chi connectivity index (χ4v) is 1.91. The summed E-state index contributed by atoms with van der Waals surface area (Å²) in [5.41, 5.74) is -0.617. The van der Waals surface area contributed by atoms with E-state index in [9.17, 15) is 18.0 Å². The first-order valence-electron chi connectivity index (χ1n) is 5.47. The maximum Gasteiger partial charge on any atom is 0.197 e. The predicted octanol–water partition coefficient (Wildman–Crippen LogP) is 4.00. The molecule has 0 spiro atoms. The van der Waals surface area contributed by atoms with Gasteiger partial charge in [-0.3, -0.25) is 4.79 Å². The zero-order chi connectivity index (χ0) is 14.9. The van der Waals surface area contributed by atoms with Crippen LogP contribution in [0.3, 0.4) is 0 Å². The monoisotopic (exact) mass is 300 g/mol. The van der Waals surface area contributed by atoms with E-state index in [4.69, 9.17) is 16.3 Å². The average Bonchev–Trinajstić information content (AvgIpc) is 2.44. The molecule has 6 heteroatoms. The van der Waals surface area contributed by atoms with E-state index in [0.29, 0.717) is 11.8 Å². The Kier molecular flexibility index (Phi) is 3.99. The summed E-state index contributed by atoms with van der Waals surface area (Å²) in [6.07, 6.45) is 0. The zero-order valence-electron chi connectivity index (χ0n) is 10.2. The summed E-state index contributed by atoms with van der Waals surface area (Å²) in [6, 6.07) is 5.70. The summed E-state index contributed by atoms with van der Waals surface area (Å²) < 4.78 is 44.5. The molecule has 0 heterocycles. The lowest BCUT2D eigenvalue weighted by atomic mass is 10.0. The van der Waals surface area contributed by atoms with Gasteiger partial charge in [0.2, 0.25) is 0 Å². The number of halogens is 4. The van der Waals surface area contributed by atoms with E-state index in [-0.39, 0.29) is 10.6 Å². The Labute approximate surface area is 117 Å². The number of carbonyl (C=O) groups is 1. The van der Waals surface area contributed by atoms with E-state index >= 15 is 0 Å². The van der Waals surface area contributed by atoms with Gasteiger partial charge in [0.1, 0.15) is 5.75 Å². The lowest BCUT2D eigenvalue weighted by molar-refractivity contribution is 0.103. The molecular weight excluding hydrogens is 293 g/mol. The fourth-order valence-electron chi connectivity index (χ4n) is 1.65. The van der Waals surface area contributed by atoms with Crippen LogP contribution in [0, 0.1) is 17.5 Å². The van der Waals surface area contributed by atoms with Crippen LogP contribution in [-0.2, 0) is 0 Å². The highest BCUT2D eigenvalue weighted by molar-refractivity contribution is 6.35. The van der Waals surface area contributed by atoms with Crippen molar-refractivity contribution in [2.24, 2.45) is 0 Å². The Bertz CT molecular complexity index is 686. The van der Waals surface area contributed by atoms with Gasteiger partial charge in [0.05, 0.1) is 17.7 Å². The van der Waals surface area contributed by atoms with Crippen LogP contribution in [0.25, 0.3) is 0 Å². The smallest absolute Gasteiger partial charge is 0.197 e. The van der Waals surface area contributed by atoms with Crippen LogP contribution in [0.5, 0.6) is 5.75 Å². The van der Waals surface area contributed by atoms with Crippen LogP contribution in [0.4, 0.5) is 13.2 Å². The molecule has 0 saturated heterocycles. The minimum Gasteiger partial charge on any atom is -0.497 e. The number of benzene rings is 2. The molecule has 2 aromatic rings. The van der Waals surface area contributed by atoms with Crippen LogP contribution >= 0.6 is 11.6 Å². The molecule has 2 rings (SSSR count). The van der Waals surface area contributed by atoms with Crippen molar-refractivity contribution < 1.29 is 22.7 Å². The lowest BCUT2D eigenvalue weighted by Gasteiger charge is -2.07. The fraction of sp³-hybridized carbons (Fsp3) is 0.0714. The predicted molar refractivity (Wildman–Crippen MR) is 67.8 cm³/mol. The average molecular weight is 301 g/mol. The molecule has 0 aromatic heterocycles. The van der Waals surface area contributed by atoms with Gasteiger partial charge in [-0.05, 0) is 30.3 Å². The molecule has 0 N–H and O–H groups in total. The molecule has 0 atom stereocenters. The van der Waals surface area contributed by atoms with Gasteiger partial charge >= 0.3 is 0 Å². The van der Waals surface area contributed by atoms with Gasteiger partial charge < -0.3 is 4.74 Å². The first-order chi connectivity index (χ1) is 9.45. The minimum absolute atomic E-state index is 0.0264. The Morgan fingerprint density at radius 1 is 1.05 bits per heavy atom. The second-order valence-corrected chi connectivity index (χ2v) is 4.31. The standard InChI is InChI=1S/C14H8ClF3O2/c1-20-7-2-3-8(10(15)6-7)14(19)9-4-5-11(16)13(18)12(9)17/h2-6H,1H3. The number of methoxy groups -OCH3 is 1. The molecule has 0 unspecified atom stereocenters. The van der Waals surface area contributed by atoms with Crippen LogP contribution in [0.2, 0.25) is 5.02 Å². The maximum absolute atomic E-state index is 13.6. The third-order valence-electron chi connectivity index (χ3n) is 2.70. The molecule has 0 aliphatic heterocycles. The molecule has 0 fully saturated rings. The number of carbonyl (C=O) groups excluding carboxylic acids is 1. The van der Waals surface area contributed by atoms with Crippen molar-refractivity contribution in [1.82, 2.24) is 0 Å². The molecule has 0 radical (unpaired) electrons.